The van der Waals surface area contributed by atoms with Crippen molar-refractivity contribution in [3.8, 4) is 0 Å². The van der Waals surface area contributed by atoms with Gasteiger partial charge in [0.2, 0.25) is 0 Å². The molecule has 1 aliphatic heterocycles. The number of fused-ring (bicyclic) bond motifs is 8. The van der Waals surface area contributed by atoms with Gasteiger partial charge < -0.3 is 29.5 Å². The Morgan fingerprint density at radius 3 is 1.50 bits per heavy atom. The molecule has 0 fully saturated rings. The molecule has 5 rings (SSSR count). The minimum atomic E-state index is 0.467. The normalized spacial score (nSPS) is 12.3. The molecule has 0 spiro atoms. The van der Waals surface area contributed by atoms with Crippen LogP contribution in [-0.4, -0.2) is 32.5 Å². The second-order valence-electron chi connectivity index (χ2n) is 10.9. The number of hydrogen-bond donors (Lipinski definition) is 4. The standard InChI is InChI=1S/C34H40N4O2/c1-7-23-19(3)27-15-28-21(5)25(11-9-13-39)33(37-28)18-34-26(12-10-14-40)22(6)30(38-34)17-32-24(8-2)20(4)29(36-32)16-31(23)35-27/h13-18,35-38H,7-12H2,1-6H3. The van der Waals surface area contributed by atoms with Crippen molar-refractivity contribution in [2.45, 2.75) is 80.1 Å². The summed E-state index contributed by atoms with van der Waals surface area (Å²) in [5.41, 5.74) is 14.0. The lowest BCUT2D eigenvalue weighted by Crippen LogP contribution is -2.13. The molecule has 0 saturated carbocycles. The van der Waals surface area contributed by atoms with Gasteiger partial charge in [-0.05, 0) is 122 Å². The fraction of sp³-hybridized carbons (Fsp3) is 0.353. The highest BCUT2D eigenvalue weighted by Gasteiger charge is 2.16. The largest absolute Gasteiger partial charge is 0.355 e. The van der Waals surface area contributed by atoms with Crippen molar-refractivity contribution in [2.24, 2.45) is 0 Å². The van der Waals surface area contributed by atoms with Crippen LogP contribution in [0.5, 0.6) is 0 Å². The van der Waals surface area contributed by atoms with Gasteiger partial charge in [0.1, 0.15) is 12.6 Å². The van der Waals surface area contributed by atoms with Crippen LogP contribution < -0.4 is 21.4 Å². The van der Waals surface area contributed by atoms with Crippen LogP contribution in [0.15, 0.2) is 0 Å². The zero-order chi connectivity index (χ0) is 28.6. The fourth-order valence-electron chi connectivity index (χ4n) is 6.32. The van der Waals surface area contributed by atoms with Gasteiger partial charge in [0.15, 0.2) is 0 Å². The summed E-state index contributed by atoms with van der Waals surface area (Å²) < 4.78 is 0. The van der Waals surface area contributed by atoms with Crippen LogP contribution in [0.25, 0.3) is 24.3 Å². The number of aldehydes is 2. The molecule has 0 aromatic carbocycles. The summed E-state index contributed by atoms with van der Waals surface area (Å²) in [6.45, 7) is 13.0. The Kier molecular flexibility index (Phi) is 7.70. The smallest absolute Gasteiger partial charge is 0.120 e. The molecule has 4 aromatic heterocycles. The molecule has 0 radical (unpaired) electrons. The molecule has 0 unspecified atom stereocenters. The van der Waals surface area contributed by atoms with E-state index in [-0.39, 0.29) is 0 Å². The average molecular weight is 537 g/mol. The SMILES string of the molecule is CCc1c2[nH]c(c1C)C=c1[nH]c(c(CCC=O)c1C)=Cc1[nH]c(c(C)c1CCC=O)C=c1[nH]c(c(C)c1CC)=C2. The van der Waals surface area contributed by atoms with Crippen LogP contribution in [0.3, 0.4) is 0 Å². The van der Waals surface area contributed by atoms with Crippen molar-refractivity contribution in [3.05, 3.63) is 88.7 Å². The summed E-state index contributed by atoms with van der Waals surface area (Å²) >= 11 is 0. The summed E-state index contributed by atoms with van der Waals surface area (Å²) in [7, 11) is 0. The predicted octanol–water partition coefficient (Wildman–Crippen LogP) is 3.25. The third kappa shape index (κ3) is 4.76. The van der Waals surface area contributed by atoms with E-state index in [1.54, 1.807) is 0 Å². The van der Waals surface area contributed by atoms with E-state index in [0.29, 0.717) is 25.7 Å². The van der Waals surface area contributed by atoms with Gasteiger partial charge in [-0.15, -0.1) is 0 Å². The maximum atomic E-state index is 11.4. The second kappa shape index (κ2) is 11.2. The molecular weight excluding hydrogens is 496 g/mol. The molecule has 0 amide bonds. The van der Waals surface area contributed by atoms with Gasteiger partial charge in [0.05, 0.1) is 0 Å². The highest BCUT2D eigenvalue weighted by atomic mass is 16.1. The molecule has 8 bridgehead atoms. The zero-order valence-corrected chi connectivity index (χ0v) is 24.5. The molecule has 6 heteroatoms. The number of nitrogens with one attached hydrogen (secondary N) is 4. The quantitative estimate of drug-likeness (QED) is 0.229. The number of H-pyrrole nitrogens is 4. The van der Waals surface area contributed by atoms with Gasteiger partial charge in [-0.25, -0.2) is 0 Å². The predicted molar refractivity (Wildman–Crippen MR) is 162 cm³/mol. The average Bonchev–Trinajstić information content (AvgIpc) is 3.59. The van der Waals surface area contributed by atoms with E-state index in [1.165, 1.54) is 22.3 Å². The van der Waals surface area contributed by atoms with Crippen molar-refractivity contribution in [3.63, 3.8) is 0 Å². The molecular formula is C34H40N4O2. The van der Waals surface area contributed by atoms with Crippen molar-refractivity contribution < 1.29 is 9.59 Å². The monoisotopic (exact) mass is 536 g/mol. The molecule has 40 heavy (non-hydrogen) atoms. The molecule has 0 aliphatic carbocycles. The minimum absolute atomic E-state index is 0.467. The summed E-state index contributed by atoms with van der Waals surface area (Å²) in [5, 5.41) is 4.25. The van der Waals surface area contributed by atoms with Crippen molar-refractivity contribution >= 4 is 36.9 Å². The van der Waals surface area contributed by atoms with E-state index in [1.807, 2.05) is 0 Å². The van der Waals surface area contributed by atoms with E-state index in [4.69, 9.17) is 0 Å². The van der Waals surface area contributed by atoms with E-state index in [0.717, 1.165) is 91.8 Å². The number of aromatic nitrogens is 4. The molecule has 5 heterocycles. The summed E-state index contributed by atoms with van der Waals surface area (Å²) in [6.07, 6.45) is 14.9. The number of carbonyl (C=O) groups is 2. The summed E-state index contributed by atoms with van der Waals surface area (Å²) in [5.74, 6) is 0. The van der Waals surface area contributed by atoms with Crippen LogP contribution in [0.4, 0.5) is 0 Å². The first-order valence-electron chi connectivity index (χ1n) is 14.4. The van der Waals surface area contributed by atoms with E-state index in [9.17, 15) is 9.59 Å². The van der Waals surface area contributed by atoms with E-state index < -0.39 is 0 Å². The minimum Gasteiger partial charge on any atom is -0.355 e. The Balaban J connectivity index is 1.93. The Hall–Kier alpha value is -4.06. The maximum Gasteiger partial charge on any atom is 0.120 e. The van der Waals surface area contributed by atoms with Crippen LogP contribution in [0.1, 0.15) is 94.0 Å². The van der Waals surface area contributed by atoms with Gasteiger partial charge in [-0.1, -0.05) is 13.8 Å². The van der Waals surface area contributed by atoms with Crippen LogP contribution in [-0.2, 0) is 35.3 Å². The summed E-state index contributed by atoms with van der Waals surface area (Å²) in [4.78, 5) is 37.5. The number of aromatic amines is 4. The summed E-state index contributed by atoms with van der Waals surface area (Å²) in [6, 6.07) is 0. The van der Waals surface area contributed by atoms with Crippen LogP contribution in [0, 0.1) is 27.7 Å². The molecule has 4 N–H and O–H groups in total. The first-order chi connectivity index (χ1) is 19.3. The molecule has 4 aromatic rings. The Morgan fingerprint density at radius 1 is 0.500 bits per heavy atom. The van der Waals surface area contributed by atoms with Crippen LogP contribution in [0.2, 0.25) is 0 Å². The first-order valence-corrected chi connectivity index (χ1v) is 14.4. The highest BCUT2D eigenvalue weighted by Crippen LogP contribution is 2.23. The fourth-order valence-corrected chi connectivity index (χ4v) is 6.32. The van der Waals surface area contributed by atoms with Crippen LogP contribution >= 0.6 is 0 Å². The zero-order valence-electron chi connectivity index (χ0n) is 24.5. The van der Waals surface area contributed by atoms with E-state index >= 15 is 0 Å². The number of rotatable bonds is 8. The highest BCUT2D eigenvalue weighted by molar-refractivity contribution is 5.66. The molecule has 0 atom stereocenters. The Morgan fingerprint density at radius 2 is 0.925 bits per heavy atom. The first kappa shape index (κ1) is 27.5. The molecule has 0 saturated heterocycles. The molecule has 208 valence electrons. The van der Waals surface area contributed by atoms with Gasteiger partial charge >= 0.3 is 0 Å². The van der Waals surface area contributed by atoms with E-state index in [2.05, 4.69) is 85.8 Å². The maximum absolute atomic E-state index is 11.4. The Bertz CT molecular complexity index is 1850. The third-order valence-electron chi connectivity index (χ3n) is 8.69. The second-order valence-corrected chi connectivity index (χ2v) is 10.9. The molecule has 6 nitrogen and oxygen atoms in total. The number of hydrogen-bond acceptors (Lipinski definition) is 2. The van der Waals surface area contributed by atoms with Crippen molar-refractivity contribution in [2.75, 3.05) is 0 Å². The van der Waals surface area contributed by atoms with Gasteiger partial charge in [-0.3, -0.25) is 0 Å². The lowest BCUT2D eigenvalue weighted by Gasteiger charge is -2.00. The van der Waals surface area contributed by atoms with Crippen molar-refractivity contribution in [1.29, 1.82) is 0 Å². The van der Waals surface area contributed by atoms with Crippen molar-refractivity contribution in [1.82, 2.24) is 19.9 Å². The van der Waals surface area contributed by atoms with Gasteiger partial charge in [0.25, 0.3) is 0 Å². The third-order valence-corrected chi connectivity index (χ3v) is 8.69. The van der Waals surface area contributed by atoms with Gasteiger partial charge in [-0.2, -0.15) is 0 Å². The lowest BCUT2D eigenvalue weighted by atomic mass is 10.0. The molecule has 1 aliphatic rings. The van der Waals surface area contributed by atoms with Gasteiger partial charge in [0, 0.05) is 57.0 Å². The number of carbonyl (C=O) groups excluding carboxylic acids is 2. The Labute approximate surface area is 235 Å². The lowest BCUT2D eigenvalue weighted by molar-refractivity contribution is -0.108. The topological polar surface area (TPSA) is 97.3 Å².